The van der Waals surface area contributed by atoms with Crippen LogP contribution in [0.25, 0.3) is 22.3 Å². The first-order valence-corrected chi connectivity index (χ1v) is 15.3. The van der Waals surface area contributed by atoms with Gasteiger partial charge in [-0.3, -0.25) is 9.89 Å². The van der Waals surface area contributed by atoms with Crippen molar-refractivity contribution in [3.8, 4) is 6.01 Å². The highest BCUT2D eigenvalue weighted by molar-refractivity contribution is 6.01. The van der Waals surface area contributed by atoms with Gasteiger partial charge in [0.15, 0.2) is 5.83 Å². The molecule has 2 atom stereocenters. The predicted molar refractivity (Wildman–Crippen MR) is 165 cm³/mol. The fourth-order valence-corrected chi connectivity index (χ4v) is 7.83. The number of aromatic nitrogens is 2. The van der Waals surface area contributed by atoms with Crippen molar-refractivity contribution >= 4 is 34.8 Å². The summed E-state index contributed by atoms with van der Waals surface area (Å²) >= 11 is 0. The van der Waals surface area contributed by atoms with Gasteiger partial charge in [0.05, 0.1) is 12.1 Å². The second-order valence-electron chi connectivity index (χ2n) is 12.4. The van der Waals surface area contributed by atoms with Gasteiger partial charge in [0.1, 0.15) is 23.8 Å². The average Bonchev–Trinajstić information content (AvgIpc) is 3.70. The number of ether oxygens (including phenoxy) is 1. The number of rotatable bonds is 8. The molecule has 2 bridgehead atoms. The van der Waals surface area contributed by atoms with E-state index in [1.54, 1.807) is 0 Å². The number of halogens is 1. The number of aliphatic hydroxyl groups is 1. The molecule has 42 heavy (non-hydrogen) atoms. The molecule has 3 aromatic rings. The van der Waals surface area contributed by atoms with Crippen LogP contribution in [0, 0.1) is 6.92 Å². The number of nitrogens with zero attached hydrogens (tertiary/aromatic N) is 5. The van der Waals surface area contributed by atoms with Crippen LogP contribution >= 0.6 is 0 Å². The molecule has 4 aliphatic heterocycles. The van der Waals surface area contributed by atoms with Gasteiger partial charge in [-0.25, -0.2) is 4.39 Å². The summed E-state index contributed by atoms with van der Waals surface area (Å²) in [5.41, 5.74) is 2.22. The second-order valence-corrected chi connectivity index (χ2v) is 12.4. The lowest BCUT2D eigenvalue weighted by Crippen LogP contribution is -2.51. The van der Waals surface area contributed by atoms with Gasteiger partial charge in [0, 0.05) is 36.3 Å². The van der Waals surface area contributed by atoms with Crippen molar-refractivity contribution in [3.63, 3.8) is 0 Å². The Balaban J connectivity index is 1.34. The first kappa shape index (κ1) is 27.4. The highest BCUT2D eigenvalue weighted by atomic mass is 19.1. The van der Waals surface area contributed by atoms with Gasteiger partial charge in [-0.1, -0.05) is 36.4 Å². The van der Waals surface area contributed by atoms with Crippen molar-refractivity contribution in [2.75, 3.05) is 37.7 Å². The predicted octanol–water partition coefficient (Wildman–Crippen LogP) is 4.87. The first-order chi connectivity index (χ1) is 20.5. The molecule has 2 N–H and O–H groups in total. The lowest BCUT2D eigenvalue weighted by molar-refractivity contribution is 0.107. The topological polar surface area (TPSA) is 86.1 Å². The number of aliphatic imine (C=N–C) groups is 1. The van der Waals surface area contributed by atoms with Crippen LogP contribution in [-0.4, -0.2) is 77.1 Å². The minimum Gasteiger partial charge on any atom is -0.461 e. The minimum atomic E-state index is -0.573. The van der Waals surface area contributed by atoms with Crippen LogP contribution < -0.4 is 15.0 Å². The zero-order valence-corrected chi connectivity index (χ0v) is 24.3. The van der Waals surface area contributed by atoms with Crippen molar-refractivity contribution in [2.24, 2.45) is 4.99 Å². The molecular weight excluding hydrogens is 531 g/mol. The summed E-state index contributed by atoms with van der Waals surface area (Å²) in [4.78, 5) is 18.6. The summed E-state index contributed by atoms with van der Waals surface area (Å²) in [6.07, 6.45) is 6.81. The first-order valence-electron chi connectivity index (χ1n) is 15.3. The Hall–Kier alpha value is -3.40. The standard InChI is InChI=1S/C33H39FN6O2/c1-21-29(28(34)30(35-2)26-10-4-8-22-7-3-9-23(19-41)27(22)26)37-32(42-20-33-13-5-15-40(33)16-6-14-33)38-31(21)39-17-24-11-12-25(18-39)36-24/h3-4,7-10,24-25,36,41H,2,5-6,11-20H2,1H3/b30-28+. The van der Waals surface area contributed by atoms with Gasteiger partial charge < -0.3 is 20.1 Å². The van der Waals surface area contributed by atoms with Crippen molar-refractivity contribution in [2.45, 2.75) is 69.7 Å². The van der Waals surface area contributed by atoms with Crippen LogP contribution in [-0.2, 0) is 6.61 Å². The van der Waals surface area contributed by atoms with Gasteiger partial charge >= 0.3 is 6.01 Å². The molecule has 220 valence electrons. The van der Waals surface area contributed by atoms with E-state index in [-0.39, 0.29) is 29.5 Å². The fourth-order valence-electron chi connectivity index (χ4n) is 7.83. The number of hydrogen-bond acceptors (Lipinski definition) is 8. The summed E-state index contributed by atoms with van der Waals surface area (Å²) in [6.45, 7) is 9.80. The molecule has 5 heterocycles. The summed E-state index contributed by atoms with van der Waals surface area (Å²) < 4.78 is 23.2. The third kappa shape index (κ3) is 4.68. The van der Waals surface area contributed by atoms with E-state index in [0.29, 0.717) is 41.2 Å². The molecule has 0 amide bonds. The van der Waals surface area contributed by atoms with Crippen molar-refractivity contribution in [1.29, 1.82) is 0 Å². The van der Waals surface area contributed by atoms with Crippen LogP contribution in [0.2, 0.25) is 0 Å². The zero-order chi connectivity index (χ0) is 28.8. The average molecular weight is 571 g/mol. The van der Waals surface area contributed by atoms with E-state index in [1.807, 2.05) is 43.3 Å². The molecular formula is C33H39FN6O2. The van der Waals surface area contributed by atoms with E-state index >= 15 is 4.39 Å². The molecule has 0 saturated carbocycles. The molecule has 4 aliphatic rings. The zero-order valence-electron chi connectivity index (χ0n) is 24.3. The molecule has 0 aliphatic carbocycles. The lowest BCUT2D eigenvalue weighted by Gasteiger charge is -2.35. The summed E-state index contributed by atoms with van der Waals surface area (Å²) in [7, 11) is 0. The van der Waals surface area contributed by atoms with E-state index in [9.17, 15) is 5.11 Å². The van der Waals surface area contributed by atoms with Crippen LogP contribution in [0.1, 0.15) is 60.9 Å². The van der Waals surface area contributed by atoms with E-state index in [1.165, 1.54) is 12.8 Å². The van der Waals surface area contributed by atoms with Crippen molar-refractivity contribution < 1.29 is 14.2 Å². The number of benzene rings is 2. The van der Waals surface area contributed by atoms with Crippen molar-refractivity contribution in [3.05, 3.63) is 58.8 Å². The molecule has 1 aromatic heterocycles. The summed E-state index contributed by atoms with van der Waals surface area (Å²) in [5.74, 6) is 0.143. The fraction of sp³-hybridized carbons (Fsp3) is 0.485. The number of anilines is 1. The minimum absolute atomic E-state index is 0.0224. The maximum Gasteiger partial charge on any atom is 0.319 e. The number of fused-ring (bicyclic) bond motifs is 4. The van der Waals surface area contributed by atoms with Crippen LogP contribution in [0.5, 0.6) is 6.01 Å². The Morgan fingerprint density at radius 1 is 1.12 bits per heavy atom. The highest BCUT2D eigenvalue weighted by Gasteiger charge is 2.45. The van der Waals surface area contributed by atoms with E-state index < -0.39 is 5.83 Å². The third-order valence-electron chi connectivity index (χ3n) is 9.89. The van der Waals surface area contributed by atoms with Crippen LogP contribution in [0.15, 0.2) is 41.4 Å². The molecule has 8 nitrogen and oxygen atoms in total. The quantitative estimate of drug-likeness (QED) is 0.374. The SMILES string of the molecule is C=N/C(=C(/F)c1nc(OCC23CCCN2CCC3)nc(N2CC3CCC(C2)N3)c1C)c1cccc2cccc(CO)c12. The highest BCUT2D eigenvalue weighted by Crippen LogP contribution is 2.40. The van der Waals surface area contributed by atoms with E-state index in [4.69, 9.17) is 14.7 Å². The van der Waals surface area contributed by atoms with Crippen LogP contribution in [0.3, 0.4) is 0 Å². The Morgan fingerprint density at radius 2 is 1.83 bits per heavy atom. The molecule has 7 rings (SSSR count). The second kappa shape index (κ2) is 11.0. The molecule has 2 unspecified atom stereocenters. The van der Waals surface area contributed by atoms with Gasteiger partial charge in [0.2, 0.25) is 0 Å². The number of hydrogen-bond donors (Lipinski definition) is 2. The van der Waals surface area contributed by atoms with E-state index in [0.717, 1.165) is 62.6 Å². The molecule has 4 fully saturated rings. The van der Waals surface area contributed by atoms with Crippen molar-refractivity contribution in [1.82, 2.24) is 20.2 Å². The maximum atomic E-state index is 16.9. The molecule has 4 saturated heterocycles. The Morgan fingerprint density at radius 3 is 2.52 bits per heavy atom. The van der Waals surface area contributed by atoms with Gasteiger partial charge in [-0.15, -0.1) is 0 Å². The maximum absolute atomic E-state index is 16.9. The molecule has 9 heteroatoms. The Labute approximate surface area is 246 Å². The smallest absolute Gasteiger partial charge is 0.319 e. The lowest BCUT2D eigenvalue weighted by atomic mass is 9.95. The number of piperazine rings is 1. The third-order valence-corrected chi connectivity index (χ3v) is 9.89. The molecule has 0 spiro atoms. The molecule has 2 aromatic carbocycles. The summed E-state index contributed by atoms with van der Waals surface area (Å²) in [6, 6.07) is 12.3. The van der Waals surface area contributed by atoms with Gasteiger partial charge in [-0.2, -0.15) is 9.97 Å². The normalized spacial score (nSPS) is 23.7. The van der Waals surface area contributed by atoms with Gasteiger partial charge in [-0.05, 0) is 81.6 Å². The van der Waals surface area contributed by atoms with Gasteiger partial charge in [0.25, 0.3) is 0 Å². The monoisotopic (exact) mass is 570 g/mol. The number of nitrogens with one attached hydrogen (secondary N) is 1. The summed E-state index contributed by atoms with van der Waals surface area (Å²) in [5, 5.41) is 15.4. The molecule has 0 radical (unpaired) electrons. The Kier molecular flexibility index (Phi) is 7.20. The Bertz CT molecular complexity index is 1530. The largest absolute Gasteiger partial charge is 0.461 e. The number of aliphatic hydroxyl groups excluding tert-OH is 1. The van der Waals surface area contributed by atoms with Crippen LogP contribution in [0.4, 0.5) is 10.2 Å². The van der Waals surface area contributed by atoms with E-state index in [2.05, 4.69) is 26.8 Å².